The van der Waals surface area contributed by atoms with Crippen molar-refractivity contribution >= 4 is 33.5 Å². The molecule has 2 rings (SSSR count). The lowest BCUT2D eigenvalue weighted by Crippen LogP contribution is -2.51. The molecule has 1 aromatic heterocycles. The summed E-state index contributed by atoms with van der Waals surface area (Å²) in [5.74, 6) is 0.326. The molecule has 0 aromatic carbocycles. The summed E-state index contributed by atoms with van der Waals surface area (Å²) >= 11 is 6.04. The lowest BCUT2D eigenvalue weighted by molar-refractivity contribution is -0.0108. The zero-order valence-electron chi connectivity index (χ0n) is 14.1. The van der Waals surface area contributed by atoms with E-state index in [-0.39, 0.29) is 22.1 Å². The van der Waals surface area contributed by atoms with Gasteiger partial charge in [0.05, 0.1) is 24.3 Å². The zero-order valence-corrected chi connectivity index (χ0v) is 15.7. The monoisotopic (exact) mass is 391 g/mol. The quantitative estimate of drug-likeness (QED) is 0.757. The van der Waals surface area contributed by atoms with Gasteiger partial charge in [0, 0.05) is 32.9 Å². The molecule has 1 saturated heterocycles. The number of carbonyl (C=O) groups is 1. The van der Waals surface area contributed by atoms with Crippen molar-refractivity contribution in [3.8, 4) is 0 Å². The number of hydrogen-bond donors (Lipinski definition) is 2. The van der Waals surface area contributed by atoms with Gasteiger partial charge in [-0.05, 0) is 13.0 Å². The van der Waals surface area contributed by atoms with Crippen LogP contribution in [0.15, 0.2) is 17.2 Å². The Morgan fingerprint density at radius 1 is 1.60 bits per heavy atom. The number of aromatic nitrogens is 1. The Morgan fingerprint density at radius 2 is 2.32 bits per heavy atom. The number of pyridine rings is 1. The van der Waals surface area contributed by atoms with Gasteiger partial charge in [0.1, 0.15) is 10.7 Å². The number of halogens is 1. The molecule has 0 saturated carbocycles. The first-order chi connectivity index (χ1) is 11.7. The van der Waals surface area contributed by atoms with Crippen molar-refractivity contribution in [2.75, 3.05) is 45.2 Å². The Labute approximate surface area is 152 Å². The number of nitrogens with zero attached hydrogens (tertiary/aromatic N) is 3. The van der Waals surface area contributed by atoms with Crippen LogP contribution in [0.2, 0.25) is 5.02 Å². The topological polar surface area (TPSA) is 118 Å². The van der Waals surface area contributed by atoms with Gasteiger partial charge in [-0.25, -0.2) is 23.3 Å². The molecule has 0 unspecified atom stereocenters. The Balaban J connectivity index is 1.96. The van der Waals surface area contributed by atoms with Crippen molar-refractivity contribution in [3.05, 3.63) is 17.3 Å². The molecular formula is C14H22ClN5O4S. The molecular weight excluding hydrogens is 370 g/mol. The molecule has 11 heteroatoms. The summed E-state index contributed by atoms with van der Waals surface area (Å²) in [4.78, 5) is 19.4. The molecule has 140 valence electrons. The second-order valence-electron chi connectivity index (χ2n) is 5.66. The van der Waals surface area contributed by atoms with E-state index in [2.05, 4.69) is 10.3 Å². The maximum absolute atomic E-state index is 12.2. The van der Waals surface area contributed by atoms with E-state index in [1.807, 2.05) is 6.92 Å². The number of carbonyl (C=O) groups excluding carboxylic acids is 1. The van der Waals surface area contributed by atoms with E-state index in [9.17, 15) is 13.2 Å². The minimum absolute atomic E-state index is 0.0375. The normalized spacial score (nSPS) is 18.1. The van der Waals surface area contributed by atoms with Crippen molar-refractivity contribution < 1.29 is 17.9 Å². The molecule has 0 aliphatic carbocycles. The number of morpholine rings is 1. The number of ether oxygens (including phenoxy) is 1. The highest BCUT2D eigenvalue weighted by Gasteiger charge is 2.26. The van der Waals surface area contributed by atoms with Gasteiger partial charge in [0.15, 0.2) is 0 Å². The van der Waals surface area contributed by atoms with E-state index in [1.165, 1.54) is 6.07 Å². The van der Waals surface area contributed by atoms with Gasteiger partial charge in [-0.3, -0.25) is 0 Å². The molecule has 3 N–H and O–H groups in total. The van der Waals surface area contributed by atoms with Crippen LogP contribution in [0, 0.1) is 0 Å². The highest BCUT2D eigenvalue weighted by atomic mass is 35.5. The van der Waals surface area contributed by atoms with Gasteiger partial charge >= 0.3 is 6.03 Å². The first kappa shape index (κ1) is 19.7. The summed E-state index contributed by atoms with van der Waals surface area (Å²) < 4.78 is 28.2. The van der Waals surface area contributed by atoms with Crippen LogP contribution in [0.1, 0.15) is 6.92 Å². The smallest absolute Gasteiger partial charge is 0.319 e. The van der Waals surface area contributed by atoms with Crippen LogP contribution in [0.3, 0.4) is 0 Å². The number of anilines is 1. The van der Waals surface area contributed by atoms with Gasteiger partial charge in [-0.1, -0.05) is 11.6 Å². The summed E-state index contributed by atoms with van der Waals surface area (Å²) in [6.45, 7) is 4.36. The molecule has 0 bridgehead atoms. The summed E-state index contributed by atoms with van der Waals surface area (Å²) in [7, 11) is -2.10. The molecule has 9 nitrogen and oxygen atoms in total. The Hall–Kier alpha value is -1.62. The minimum Gasteiger partial charge on any atom is -0.373 e. The third-order valence-corrected chi connectivity index (χ3v) is 5.02. The number of nitrogens with one attached hydrogen (secondary N) is 1. The van der Waals surface area contributed by atoms with Gasteiger partial charge < -0.3 is 19.9 Å². The SMILES string of the molecule is CCN(C)C(=O)N1CCO[C@@H](CNc2ncc(S(N)(=O)=O)cc2Cl)C1. The third kappa shape index (κ3) is 5.18. The first-order valence-electron chi connectivity index (χ1n) is 7.76. The van der Waals surface area contributed by atoms with Crippen LogP contribution in [0.25, 0.3) is 0 Å². The zero-order chi connectivity index (χ0) is 18.6. The molecule has 0 radical (unpaired) electrons. The standard InChI is InChI=1S/C14H22ClN5O4S/c1-3-19(2)14(21)20-4-5-24-10(9-20)7-17-13-12(15)6-11(8-18-13)25(16,22)23/h6,8,10H,3-5,7,9H2,1-2H3,(H,17,18)(H2,16,22,23)/t10-/m0/s1. The minimum atomic E-state index is -3.85. The summed E-state index contributed by atoms with van der Waals surface area (Å²) in [6, 6.07) is 1.20. The fourth-order valence-corrected chi connectivity index (χ4v) is 3.09. The van der Waals surface area contributed by atoms with Gasteiger partial charge in [-0.15, -0.1) is 0 Å². The van der Waals surface area contributed by atoms with E-state index in [1.54, 1.807) is 16.8 Å². The predicted octanol–water partition coefficient (Wildman–Crippen LogP) is 0.567. The number of rotatable bonds is 5. The summed E-state index contributed by atoms with van der Waals surface area (Å²) in [5, 5.41) is 8.19. The number of hydrogen-bond acceptors (Lipinski definition) is 6. The molecule has 2 heterocycles. The van der Waals surface area contributed by atoms with Crippen molar-refractivity contribution in [1.82, 2.24) is 14.8 Å². The third-order valence-electron chi connectivity index (χ3n) is 3.85. The van der Waals surface area contributed by atoms with Gasteiger partial charge in [0.2, 0.25) is 10.0 Å². The van der Waals surface area contributed by atoms with Crippen molar-refractivity contribution in [3.63, 3.8) is 0 Å². The van der Waals surface area contributed by atoms with E-state index in [0.717, 1.165) is 6.20 Å². The number of primary sulfonamides is 1. The number of sulfonamides is 1. The van der Waals surface area contributed by atoms with Crippen LogP contribution < -0.4 is 10.5 Å². The van der Waals surface area contributed by atoms with Crippen LogP contribution in [0.4, 0.5) is 10.6 Å². The number of urea groups is 1. The first-order valence-corrected chi connectivity index (χ1v) is 9.68. The van der Waals surface area contributed by atoms with Crippen LogP contribution in [-0.2, 0) is 14.8 Å². The molecule has 1 aliphatic rings. The van der Waals surface area contributed by atoms with E-state index < -0.39 is 10.0 Å². The fourth-order valence-electron chi connectivity index (χ4n) is 2.31. The highest BCUT2D eigenvalue weighted by molar-refractivity contribution is 7.89. The molecule has 2 amide bonds. The molecule has 1 aromatic rings. The van der Waals surface area contributed by atoms with Crippen LogP contribution in [0.5, 0.6) is 0 Å². The molecule has 25 heavy (non-hydrogen) atoms. The summed E-state index contributed by atoms with van der Waals surface area (Å²) in [6.07, 6.45) is 0.913. The second-order valence-corrected chi connectivity index (χ2v) is 7.63. The number of nitrogens with two attached hydrogens (primary N) is 1. The Morgan fingerprint density at radius 3 is 2.92 bits per heavy atom. The van der Waals surface area contributed by atoms with E-state index in [0.29, 0.717) is 38.6 Å². The lowest BCUT2D eigenvalue weighted by Gasteiger charge is -2.35. The molecule has 1 fully saturated rings. The maximum atomic E-state index is 12.2. The van der Waals surface area contributed by atoms with Gasteiger partial charge in [0.25, 0.3) is 0 Å². The van der Waals surface area contributed by atoms with E-state index in [4.69, 9.17) is 21.5 Å². The molecule has 0 spiro atoms. The van der Waals surface area contributed by atoms with Gasteiger partial charge in [-0.2, -0.15) is 0 Å². The Bertz CT molecular complexity index is 730. The second kappa shape index (κ2) is 8.17. The number of amides is 2. The highest BCUT2D eigenvalue weighted by Crippen LogP contribution is 2.22. The van der Waals surface area contributed by atoms with Crippen molar-refractivity contribution in [1.29, 1.82) is 0 Å². The van der Waals surface area contributed by atoms with Crippen molar-refractivity contribution in [2.24, 2.45) is 5.14 Å². The Kier molecular flexibility index (Phi) is 6.44. The average molecular weight is 392 g/mol. The lowest BCUT2D eigenvalue weighted by atomic mass is 10.2. The maximum Gasteiger partial charge on any atom is 0.319 e. The van der Waals surface area contributed by atoms with Crippen molar-refractivity contribution in [2.45, 2.75) is 17.9 Å². The van der Waals surface area contributed by atoms with Crippen LogP contribution in [-0.4, -0.2) is 75.2 Å². The fraction of sp³-hybridized carbons (Fsp3) is 0.571. The van der Waals surface area contributed by atoms with Crippen LogP contribution >= 0.6 is 11.6 Å². The molecule has 1 atom stereocenters. The predicted molar refractivity (Wildman–Crippen MR) is 94.1 cm³/mol. The average Bonchev–Trinajstić information content (AvgIpc) is 2.58. The van der Waals surface area contributed by atoms with E-state index >= 15 is 0 Å². The largest absolute Gasteiger partial charge is 0.373 e. The summed E-state index contributed by atoms with van der Waals surface area (Å²) in [5.41, 5.74) is 0. The molecule has 1 aliphatic heterocycles.